The van der Waals surface area contributed by atoms with Gasteiger partial charge in [0.05, 0.1) is 25.4 Å². The molecule has 0 heterocycles. The van der Waals surface area contributed by atoms with Crippen LogP contribution in [0.3, 0.4) is 0 Å². The zero-order valence-electron chi connectivity index (χ0n) is 51.8. The van der Waals surface area contributed by atoms with Gasteiger partial charge in [-0.2, -0.15) is 0 Å². The number of carbonyl (C=O) groups excluding carboxylic acids is 2. The Kier molecular flexibility index (Phi) is 64.9. The Labute approximate surface area is 476 Å². The van der Waals surface area contributed by atoms with Crippen LogP contribution in [0, 0.1) is 0 Å². The van der Waals surface area contributed by atoms with Gasteiger partial charge in [-0.25, -0.2) is 0 Å². The third kappa shape index (κ3) is 61.8. The van der Waals surface area contributed by atoms with Crippen LogP contribution in [0.1, 0.15) is 399 Å². The summed E-state index contributed by atoms with van der Waals surface area (Å²) < 4.78 is 5.51. The Bertz CT molecular complexity index is 1140. The van der Waals surface area contributed by atoms with Gasteiger partial charge in [0.1, 0.15) is 0 Å². The largest absolute Gasteiger partial charge is 0.466 e. The van der Waals surface area contributed by atoms with Crippen molar-refractivity contribution in [1.82, 2.24) is 5.32 Å². The Morgan fingerprint density at radius 3 is 0.895 bits per heavy atom. The molecule has 6 heteroatoms. The van der Waals surface area contributed by atoms with Crippen molar-refractivity contribution in [3.8, 4) is 0 Å². The van der Waals surface area contributed by atoms with Crippen molar-refractivity contribution in [1.29, 1.82) is 0 Å². The monoisotopic (exact) mass is 1070 g/mol. The Morgan fingerprint density at radius 2 is 0.605 bits per heavy atom. The lowest BCUT2D eigenvalue weighted by molar-refractivity contribution is -0.143. The maximum Gasteiger partial charge on any atom is 0.305 e. The van der Waals surface area contributed by atoms with Crippen molar-refractivity contribution in [2.24, 2.45) is 0 Å². The Balaban J connectivity index is 3.40. The molecule has 0 aromatic rings. The van der Waals surface area contributed by atoms with E-state index in [1.807, 2.05) is 6.08 Å². The number of aliphatic hydroxyl groups excluding tert-OH is 2. The fourth-order valence-corrected chi connectivity index (χ4v) is 11.2. The number of aliphatic hydroxyl groups is 2. The van der Waals surface area contributed by atoms with Crippen molar-refractivity contribution >= 4 is 11.9 Å². The Hall–Kier alpha value is -1.40. The Morgan fingerprint density at radius 1 is 0.355 bits per heavy atom. The highest BCUT2D eigenvalue weighted by Crippen LogP contribution is 2.19. The van der Waals surface area contributed by atoms with E-state index in [1.165, 1.54) is 334 Å². The fourth-order valence-electron chi connectivity index (χ4n) is 11.2. The lowest BCUT2D eigenvalue weighted by atomic mass is 10.0. The minimum Gasteiger partial charge on any atom is -0.466 e. The third-order valence-corrected chi connectivity index (χ3v) is 16.6. The molecule has 0 rings (SSSR count). The van der Waals surface area contributed by atoms with Crippen LogP contribution in [0.2, 0.25) is 0 Å². The molecule has 0 aliphatic rings. The molecule has 6 nitrogen and oxygen atoms in total. The molecule has 452 valence electrons. The van der Waals surface area contributed by atoms with E-state index in [4.69, 9.17) is 4.74 Å². The molecule has 0 aromatic carbocycles. The van der Waals surface area contributed by atoms with Crippen molar-refractivity contribution < 1.29 is 24.5 Å². The molecule has 0 aliphatic heterocycles. The minimum absolute atomic E-state index is 0.0126. The SMILES string of the molecule is CCCCCCCCCCCCCCCCCCCCCC/C=C/C(O)C(CO)NC(=O)CCCCCCCCCCCCCCCCCCCCOC(=O)CCCCCCCCCCCCCCCCCCCCC. The molecule has 0 fully saturated rings. The summed E-state index contributed by atoms with van der Waals surface area (Å²) in [7, 11) is 0. The van der Waals surface area contributed by atoms with Gasteiger partial charge in [-0.1, -0.05) is 366 Å². The van der Waals surface area contributed by atoms with Gasteiger partial charge >= 0.3 is 5.97 Å². The van der Waals surface area contributed by atoms with Crippen LogP contribution in [0.15, 0.2) is 12.2 Å². The first-order valence-corrected chi connectivity index (χ1v) is 35.0. The topological polar surface area (TPSA) is 95.9 Å². The van der Waals surface area contributed by atoms with Crippen LogP contribution in [0.5, 0.6) is 0 Å². The molecular weight excluding hydrogens is 935 g/mol. The van der Waals surface area contributed by atoms with E-state index in [-0.39, 0.29) is 18.5 Å². The summed E-state index contributed by atoms with van der Waals surface area (Å²) in [6.45, 7) is 4.95. The minimum atomic E-state index is -0.848. The van der Waals surface area contributed by atoms with Crippen LogP contribution in [-0.4, -0.2) is 47.4 Å². The molecule has 2 unspecified atom stereocenters. The first kappa shape index (κ1) is 74.6. The van der Waals surface area contributed by atoms with E-state index in [9.17, 15) is 19.8 Å². The lowest BCUT2D eigenvalue weighted by Gasteiger charge is -2.20. The van der Waals surface area contributed by atoms with Crippen molar-refractivity contribution in [2.45, 2.75) is 411 Å². The molecule has 0 aliphatic carbocycles. The van der Waals surface area contributed by atoms with Crippen LogP contribution >= 0.6 is 0 Å². The van der Waals surface area contributed by atoms with Crippen LogP contribution in [-0.2, 0) is 14.3 Å². The number of hydrogen-bond acceptors (Lipinski definition) is 5. The van der Waals surface area contributed by atoms with Gasteiger partial charge < -0.3 is 20.3 Å². The summed E-state index contributed by atoms with van der Waals surface area (Å²) in [6.07, 6.45) is 81.3. The van der Waals surface area contributed by atoms with E-state index >= 15 is 0 Å². The van der Waals surface area contributed by atoms with Crippen molar-refractivity contribution in [2.75, 3.05) is 13.2 Å². The van der Waals surface area contributed by atoms with E-state index < -0.39 is 12.1 Å². The number of nitrogens with one attached hydrogen (secondary N) is 1. The van der Waals surface area contributed by atoms with Crippen molar-refractivity contribution in [3.05, 3.63) is 12.2 Å². The maximum absolute atomic E-state index is 12.5. The molecule has 76 heavy (non-hydrogen) atoms. The summed E-state index contributed by atoms with van der Waals surface area (Å²) in [5.41, 5.74) is 0. The van der Waals surface area contributed by atoms with Gasteiger partial charge in [-0.3, -0.25) is 9.59 Å². The smallest absolute Gasteiger partial charge is 0.305 e. The first-order valence-electron chi connectivity index (χ1n) is 35.0. The summed E-state index contributed by atoms with van der Waals surface area (Å²) in [5.74, 6) is -0.0545. The number of unbranched alkanes of at least 4 members (excludes halogenated alkanes) is 55. The number of ether oxygens (including phenoxy) is 1. The summed E-state index contributed by atoms with van der Waals surface area (Å²) >= 11 is 0. The second-order valence-corrected chi connectivity index (χ2v) is 24.2. The van der Waals surface area contributed by atoms with Gasteiger partial charge in [-0.15, -0.1) is 0 Å². The highest BCUT2D eigenvalue weighted by Gasteiger charge is 2.18. The number of esters is 1. The quantitative estimate of drug-likeness (QED) is 0.0320. The normalized spacial score (nSPS) is 12.5. The molecule has 0 aromatic heterocycles. The van der Waals surface area contributed by atoms with Gasteiger partial charge in [0.2, 0.25) is 5.91 Å². The second-order valence-electron chi connectivity index (χ2n) is 24.2. The van der Waals surface area contributed by atoms with E-state index in [0.717, 1.165) is 38.5 Å². The first-order chi connectivity index (χ1) is 37.5. The standard InChI is InChI=1S/C70H137NO5/c1-3-5-7-9-11-13-15-17-19-21-23-24-25-27-30-34-38-42-46-50-54-58-62-68(73)67(66-72)71-69(74)63-59-55-51-47-43-39-35-31-28-29-33-37-41-45-49-53-57-61-65-76-70(75)64-60-56-52-48-44-40-36-32-26-22-20-18-16-14-12-10-8-6-4-2/h58,62,67-68,72-73H,3-57,59-61,63-66H2,1-2H3,(H,71,74)/b62-58+. The van der Waals surface area contributed by atoms with Gasteiger partial charge in [-0.05, 0) is 32.1 Å². The van der Waals surface area contributed by atoms with Gasteiger partial charge in [0.15, 0.2) is 0 Å². The zero-order chi connectivity index (χ0) is 55.0. The fraction of sp³-hybridized carbons (Fsp3) is 0.943. The summed E-state index contributed by atoms with van der Waals surface area (Å²) in [4.78, 5) is 24.6. The van der Waals surface area contributed by atoms with E-state index in [2.05, 4.69) is 19.2 Å². The highest BCUT2D eigenvalue weighted by molar-refractivity contribution is 5.76. The molecular formula is C70H137NO5. The van der Waals surface area contributed by atoms with Crippen LogP contribution in [0.25, 0.3) is 0 Å². The average molecular weight is 1070 g/mol. The number of carbonyl (C=O) groups is 2. The third-order valence-electron chi connectivity index (χ3n) is 16.6. The molecule has 2 atom stereocenters. The zero-order valence-corrected chi connectivity index (χ0v) is 51.8. The number of rotatable bonds is 66. The molecule has 0 saturated carbocycles. The molecule has 0 spiro atoms. The molecule has 0 saturated heterocycles. The lowest BCUT2D eigenvalue weighted by Crippen LogP contribution is -2.45. The summed E-state index contributed by atoms with van der Waals surface area (Å²) in [5, 5.41) is 23.3. The maximum atomic E-state index is 12.5. The van der Waals surface area contributed by atoms with Gasteiger partial charge in [0, 0.05) is 12.8 Å². The highest BCUT2D eigenvalue weighted by atomic mass is 16.5. The number of amides is 1. The number of allylic oxidation sites excluding steroid dienone is 1. The van der Waals surface area contributed by atoms with Crippen molar-refractivity contribution in [3.63, 3.8) is 0 Å². The summed E-state index contributed by atoms with van der Waals surface area (Å²) in [6, 6.07) is -0.631. The average Bonchev–Trinajstić information content (AvgIpc) is 3.42. The number of hydrogen-bond donors (Lipinski definition) is 3. The molecule has 0 radical (unpaired) electrons. The predicted molar refractivity (Wildman–Crippen MR) is 333 cm³/mol. The second kappa shape index (κ2) is 66.1. The molecule has 3 N–H and O–H groups in total. The molecule has 1 amide bonds. The molecule has 0 bridgehead atoms. The van der Waals surface area contributed by atoms with E-state index in [1.54, 1.807) is 6.08 Å². The van der Waals surface area contributed by atoms with Crippen LogP contribution in [0.4, 0.5) is 0 Å². The van der Waals surface area contributed by atoms with Crippen LogP contribution < -0.4 is 5.32 Å². The predicted octanol–water partition coefficient (Wildman–Crippen LogP) is 22.4. The van der Waals surface area contributed by atoms with E-state index in [0.29, 0.717) is 19.4 Å². The van der Waals surface area contributed by atoms with Gasteiger partial charge in [0.25, 0.3) is 0 Å².